The third-order valence-corrected chi connectivity index (χ3v) is 5.17. The number of nitrogens with one attached hydrogen (secondary N) is 1. The molecule has 3 fully saturated rings. The molecule has 3 aliphatic rings. The zero-order valence-corrected chi connectivity index (χ0v) is 14.0. The van der Waals surface area contributed by atoms with Crippen LogP contribution in [0.25, 0.3) is 0 Å². The van der Waals surface area contributed by atoms with E-state index in [1.807, 2.05) is 6.92 Å². The number of piperidine rings is 2. The van der Waals surface area contributed by atoms with Crippen LogP contribution < -0.4 is 16.8 Å². The molecular weight excluding hydrogens is 296 g/mol. The van der Waals surface area contributed by atoms with E-state index in [-0.39, 0.29) is 17.9 Å². The van der Waals surface area contributed by atoms with Crippen molar-refractivity contribution in [1.29, 1.82) is 0 Å². The van der Waals surface area contributed by atoms with Crippen LogP contribution in [0.2, 0.25) is 0 Å². The van der Waals surface area contributed by atoms with Gasteiger partial charge in [-0.25, -0.2) is 0 Å². The van der Waals surface area contributed by atoms with Gasteiger partial charge in [-0.2, -0.15) is 0 Å². The average Bonchev–Trinajstić information content (AvgIpc) is 2.53. The fourth-order valence-corrected chi connectivity index (χ4v) is 4.03. The van der Waals surface area contributed by atoms with Gasteiger partial charge in [0, 0.05) is 6.04 Å². The molecule has 1 aliphatic carbocycles. The smallest absolute Gasteiger partial charge is 0.240 e. The van der Waals surface area contributed by atoms with Crippen LogP contribution in [0.1, 0.15) is 52.4 Å². The molecule has 2 heterocycles. The first-order valence-electron chi connectivity index (χ1n) is 8.53. The lowest BCUT2D eigenvalue weighted by Crippen LogP contribution is -2.65. The molecule has 0 radical (unpaired) electrons. The highest BCUT2D eigenvalue weighted by molar-refractivity contribution is 5.90. The molecule has 23 heavy (non-hydrogen) atoms. The summed E-state index contributed by atoms with van der Waals surface area (Å²) >= 11 is 0. The van der Waals surface area contributed by atoms with Crippen LogP contribution in [-0.4, -0.2) is 46.8 Å². The minimum Gasteiger partial charge on any atom is -0.368 e. The lowest BCUT2D eigenvalue weighted by atomic mass is 9.74. The van der Waals surface area contributed by atoms with Crippen molar-refractivity contribution in [2.24, 2.45) is 17.4 Å². The van der Waals surface area contributed by atoms with Crippen LogP contribution in [0.3, 0.4) is 0 Å². The Hall–Kier alpha value is -1.63. The van der Waals surface area contributed by atoms with E-state index in [0.717, 1.165) is 32.1 Å². The predicted octanol–water partition coefficient (Wildman–Crippen LogP) is -0.127. The van der Waals surface area contributed by atoms with Gasteiger partial charge in [-0.05, 0) is 44.9 Å². The van der Waals surface area contributed by atoms with Crippen molar-refractivity contribution in [3.63, 3.8) is 0 Å². The minimum atomic E-state index is -0.569. The molecule has 5 N–H and O–H groups in total. The van der Waals surface area contributed by atoms with Gasteiger partial charge in [-0.15, -0.1) is 0 Å². The van der Waals surface area contributed by atoms with E-state index in [1.165, 1.54) is 0 Å². The number of primary amides is 2. The van der Waals surface area contributed by atoms with Crippen molar-refractivity contribution in [2.75, 3.05) is 0 Å². The number of carbonyl (C=O) groups is 3. The molecule has 0 aromatic heterocycles. The van der Waals surface area contributed by atoms with Crippen molar-refractivity contribution < 1.29 is 14.4 Å². The van der Waals surface area contributed by atoms with Gasteiger partial charge < -0.3 is 16.4 Å². The maximum Gasteiger partial charge on any atom is 0.240 e. The Morgan fingerprint density at radius 1 is 1.17 bits per heavy atom. The normalized spacial score (nSPS) is 29.1. The van der Waals surface area contributed by atoms with Gasteiger partial charge in [0.25, 0.3) is 0 Å². The molecule has 0 spiro atoms. The molecule has 2 saturated heterocycles. The van der Waals surface area contributed by atoms with Crippen molar-refractivity contribution >= 4 is 17.7 Å². The van der Waals surface area contributed by atoms with Crippen LogP contribution in [0.4, 0.5) is 0 Å². The first-order chi connectivity index (χ1) is 10.9. The molecule has 0 aromatic rings. The monoisotopic (exact) mass is 324 g/mol. The van der Waals surface area contributed by atoms with E-state index in [4.69, 9.17) is 11.5 Å². The summed E-state index contributed by atoms with van der Waals surface area (Å²) in [6.07, 6.45) is 5.10. The topological polar surface area (TPSA) is 119 Å². The zero-order valence-electron chi connectivity index (χ0n) is 14.0. The second-order valence-electron chi connectivity index (χ2n) is 6.79. The summed E-state index contributed by atoms with van der Waals surface area (Å²) < 4.78 is 0. The van der Waals surface area contributed by atoms with Crippen LogP contribution in [0.5, 0.6) is 0 Å². The standard InChI is InChI=1S/C16H28N4O3/c1-3-4-12(14(17)21)19-9(2)16(23)20-11-7-5-10(6-8-11)13(20)15(18)22/h9-13,19H,3-8H2,1-2H3,(H2,17,21)(H2,18,22)/t9?,10?,11?,12-,13-/m0/s1. The lowest BCUT2D eigenvalue weighted by Gasteiger charge is -2.50. The summed E-state index contributed by atoms with van der Waals surface area (Å²) in [7, 11) is 0. The van der Waals surface area contributed by atoms with E-state index < -0.39 is 29.9 Å². The van der Waals surface area contributed by atoms with Crippen molar-refractivity contribution in [3.8, 4) is 0 Å². The van der Waals surface area contributed by atoms with Gasteiger partial charge in [0.05, 0.1) is 12.1 Å². The number of carbonyl (C=O) groups excluding carboxylic acids is 3. The zero-order chi connectivity index (χ0) is 17.1. The van der Waals surface area contributed by atoms with Crippen molar-refractivity contribution in [2.45, 2.75) is 76.5 Å². The number of hydrogen-bond donors (Lipinski definition) is 3. The maximum atomic E-state index is 12.9. The number of amides is 3. The maximum absolute atomic E-state index is 12.9. The Kier molecular flexibility index (Phi) is 5.62. The molecule has 130 valence electrons. The predicted molar refractivity (Wildman–Crippen MR) is 86.1 cm³/mol. The summed E-state index contributed by atoms with van der Waals surface area (Å²) in [4.78, 5) is 37.9. The lowest BCUT2D eigenvalue weighted by molar-refractivity contribution is -0.153. The molecular formula is C16H28N4O3. The molecule has 2 bridgehead atoms. The third kappa shape index (κ3) is 3.65. The molecule has 3 rings (SSSR count). The Bertz CT molecular complexity index is 474. The number of rotatable bonds is 7. The summed E-state index contributed by atoms with van der Waals surface area (Å²) in [5.74, 6) is -0.889. The summed E-state index contributed by atoms with van der Waals surface area (Å²) in [5.41, 5.74) is 10.9. The Morgan fingerprint density at radius 3 is 2.26 bits per heavy atom. The summed E-state index contributed by atoms with van der Waals surface area (Å²) in [6, 6.07) is -1.54. The first-order valence-corrected chi connectivity index (χ1v) is 8.53. The third-order valence-electron chi connectivity index (χ3n) is 5.17. The van der Waals surface area contributed by atoms with E-state index in [1.54, 1.807) is 11.8 Å². The SMILES string of the molecule is CCC[C@H](NC(C)C(=O)N1C2CCC(CC2)[C@H]1C(N)=O)C(N)=O. The second-order valence-corrected chi connectivity index (χ2v) is 6.79. The highest BCUT2D eigenvalue weighted by Crippen LogP contribution is 2.39. The molecule has 0 aromatic carbocycles. The molecule has 3 amide bonds. The summed E-state index contributed by atoms with van der Waals surface area (Å²) in [6.45, 7) is 3.67. The Morgan fingerprint density at radius 2 is 1.78 bits per heavy atom. The van der Waals surface area contributed by atoms with E-state index in [2.05, 4.69) is 5.32 Å². The van der Waals surface area contributed by atoms with Gasteiger partial charge in [0.15, 0.2) is 0 Å². The second kappa shape index (κ2) is 7.29. The van der Waals surface area contributed by atoms with Crippen LogP contribution in [0, 0.1) is 5.92 Å². The highest BCUT2D eigenvalue weighted by atomic mass is 16.2. The first kappa shape index (κ1) is 17.7. The number of fused-ring (bicyclic) bond motifs is 3. The van der Waals surface area contributed by atoms with Crippen LogP contribution in [0.15, 0.2) is 0 Å². The molecule has 3 atom stereocenters. The Balaban J connectivity index is 2.10. The van der Waals surface area contributed by atoms with Crippen LogP contribution in [-0.2, 0) is 14.4 Å². The van der Waals surface area contributed by atoms with E-state index >= 15 is 0 Å². The van der Waals surface area contributed by atoms with Gasteiger partial charge in [0.2, 0.25) is 17.7 Å². The highest BCUT2D eigenvalue weighted by Gasteiger charge is 2.47. The van der Waals surface area contributed by atoms with Gasteiger partial charge >= 0.3 is 0 Å². The van der Waals surface area contributed by atoms with Crippen molar-refractivity contribution in [1.82, 2.24) is 10.2 Å². The molecule has 1 unspecified atom stereocenters. The van der Waals surface area contributed by atoms with Gasteiger partial charge in [0.1, 0.15) is 6.04 Å². The summed E-state index contributed by atoms with van der Waals surface area (Å²) in [5, 5.41) is 3.02. The van der Waals surface area contributed by atoms with Crippen LogP contribution >= 0.6 is 0 Å². The molecule has 7 nitrogen and oxygen atoms in total. The minimum absolute atomic E-state index is 0.0763. The fourth-order valence-electron chi connectivity index (χ4n) is 4.03. The van der Waals surface area contributed by atoms with Crippen molar-refractivity contribution in [3.05, 3.63) is 0 Å². The largest absolute Gasteiger partial charge is 0.368 e. The quantitative estimate of drug-likeness (QED) is 0.604. The molecule has 1 saturated carbocycles. The number of hydrogen-bond acceptors (Lipinski definition) is 4. The van der Waals surface area contributed by atoms with Gasteiger partial charge in [-0.1, -0.05) is 13.3 Å². The molecule has 7 heteroatoms. The number of nitrogens with two attached hydrogens (primary N) is 2. The average molecular weight is 324 g/mol. The molecule has 2 aliphatic heterocycles. The van der Waals surface area contributed by atoms with E-state index in [0.29, 0.717) is 6.42 Å². The van der Waals surface area contributed by atoms with E-state index in [9.17, 15) is 14.4 Å². The van der Waals surface area contributed by atoms with Gasteiger partial charge in [-0.3, -0.25) is 19.7 Å². The Labute approximate surface area is 137 Å². The number of nitrogens with zero attached hydrogens (tertiary/aromatic N) is 1. The fraction of sp³-hybridized carbons (Fsp3) is 0.812.